The first kappa shape index (κ1) is 22.0. The van der Waals surface area contributed by atoms with Crippen LogP contribution in [0.25, 0.3) is 5.32 Å². The van der Waals surface area contributed by atoms with Crippen LogP contribution in [-0.2, 0) is 48.7 Å². The molecule has 0 unspecified atom stereocenters. The van der Waals surface area contributed by atoms with Crippen molar-refractivity contribution in [2.75, 3.05) is 18.4 Å². The molecule has 1 N–H and O–H groups in total. The summed E-state index contributed by atoms with van der Waals surface area (Å²) in [7, 11) is 0. The molecule has 2 aromatic rings. The smallest absolute Gasteiger partial charge is 0.229 e. The average molecular weight is 468 g/mol. The summed E-state index contributed by atoms with van der Waals surface area (Å²) in [5.74, 6) is 2.36. The van der Waals surface area contributed by atoms with Gasteiger partial charge in [-0.05, 0) is 0 Å². The molecule has 0 aliphatic carbocycles. The molecular formula is C17H23N4O2S2Y-. The number of oxazole rings is 1. The maximum absolute atomic E-state index is 12.2. The van der Waals surface area contributed by atoms with E-state index in [1.165, 1.54) is 11.3 Å². The van der Waals surface area contributed by atoms with Crippen molar-refractivity contribution < 1.29 is 41.9 Å². The minimum Gasteiger partial charge on any atom is -0.662 e. The third kappa shape index (κ3) is 6.12. The van der Waals surface area contributed by atoms with E-state index in [2.05, 4.69) is 41.4 Å². The molecular weight excluding hydrogens is 445 g/mol. The molecule has 0 bridgehead atoms. The number of hydrogen-bond donors (Lipinski definition) is 1. The molecule has 2 aromatic heterocycles. The van der Waals surface area contributed by atoms with Gasteiger partial charge in [0.15, 0.2) is 5.13 Å². The summed E-state index contributed by atoms with van der Waals surface area (Å²) in [5, 5.41) is 7.86. The van der Waals surface area contributed by atoms with Gasteiger partial charge in [0.1, 0.15) is 5.76 Å². The molecule has 6 nitrogen and oxygen atoms in total. The van der Waals surface area contributed by atoms with Crippen LogP contribution in [-0.4, -0.2) is 29.0 Å². The number of amides is 1. The summed E-state index contributed by atoms with van der Waals surface area (Å²) in [5.41, 5.74) is -0.0374. The molecule has 1 radical (unpaired) electrons. The molecule has 1 aliphatic heterocycles. The Hall–Kier alpha value is -0.276. The molecule has 0 saturated carbocycles. The maximum atomic E-state index is 12.2. The Morgan fingerprint density at radius 2 is 2.08 bits per heavy atom. The van der Waals surface area contributed by atoms with Gasteiger partial charge in [-0.1, -0.05) is 44.9 Å². The molecule has 1 aliphatic rings. The van der Waals surface area contributed by atoms with Gasteiger partial charge in [-0.25, -0.2) is 9.97 Å². The van der Waals surface area contributed by atoms with Crippen LogP contribution >= 0.6 is 23.1 Å². The van der Waals surface area contributed by atoms with E-state index in [0.29, 0.717) is 16.8 Å². The van der Waals surface area contributed by atoms with Crippen LogP contribution in [0.4, 0.5) is 5.13 Å². The van der Waals surface area contributed by atoms with Gasteiger partial charge in [0, 0.05) is 44.0 Å². The largest absolute Gasteiger partial charge is 0.662 e. The topological polar surface area (TPSA) is 82.1 Å². The Morgan fingerprint density at radius 3 is 2.73 bits per heavy atom. The Labute approximate surface area is 187 Å². The van der Waals surface area contributed by atoms with E-state index >= 15 is 0 Å². The molecule has 0 atom stereocenters. The van der Waals surface area contributed by atoms with Crippen molar-refractivity contribution in [2.45, 2.75) is 49.0 Å². The first-order valence-corrected chi connectivity index (χ1v) is 10.2. The Kier molecular flexibility index (Phi) is 8.28. The number of piperidine rings is 1. The van der Waals surface area contributed by atoms with Gasteiger partial charge in [0.25, 0.3) is 0 Å². The number of thiazole rings is 1. The van der Waals surface area contributed by atoms with Gasteiger partial charge in [-0.2, -0.15) is 0 Å². The summed E-state index contributed by atoms with van der Waals surface area (Å²) >= 11 is 3.10. The standard InChI is InChI=1S/C17H23N4O2S2.Y/c1-17(2,3)12-8-19-13(23-12)10-24-14-9-20-16(25-14)21-15(22)11-4-6-18-7-5-11;/h8-9,11H,4-7,10H2,1-3H3,(H,20,21,22);/q-1;. The Bertz CT molecular complexity index is 720. The Morgan fingerprint density at radius 1 is 1.35 bits per heavy atom. The van der Waals surface area contributed by atoms with Crippen LogP contribution in [0.2, 0.25) is 0 Å². The number of nitrogens with one attached hydrogen (secondary N) is 1. The number of nitrogens with zero attached hydrogens (tertiary/aromatic N) is 3. The number of rotatable bonds is 5. The number of anilines is 1. The molecule has 1 fully saturated rings. The van der Waals surface area contributed by atoms with Crippen LogP contribution in [0.5, 0.6) is 0 Å². The summed E-state index contributed by atoms with van der Waals surface area (Å²) < 4.78 is 6.83. The molecule has 139 valence electrons. The number of thioether (sulfide) groups is 1. The second-order valence-electron chi connectivity index (χ2n) is 7.08. The molecule has 0 aromatic carbocycles. The molecule has 26 heavy (non-hydrogen) atoms. The van der Waals surface area contributed by atoms with E-state index in [4.69, 9.17) is 4.42 Å². The van der Waals surface area contributed by atoms with Gasteiger partial charge >= 0.3 is 0 Å². The van der Waals surface area contributed by atoms with Crippen LogP contribution < -0.4 is 5.32 Å². The first-order valence-electron chi connectivity index (χ1n) is 8.40. The van der Waals surface area contributed by atoms with Crippen molar-refractivity contribution in [1.82, 2.24) is 9.97 Å². The fourth-order valence-electron chi connectivity index (χ4n) is 2.46. The molecule has 1 saturated heterocycles. The van der Waals surface area contributed by atoms with Gasteiger partial charge < -0.3 is 15.1 Å². The normalized spacial score (nSPS) is 15.5. The van der Waals surface area contributed by atoms with Crippen molar-refractivity contribution in [2.24, 2.45) is 5.92 Å². The molecule has 1 amide bonds. The molecule has 3 heterocycles. The number of carbonyl (C=O) groups is 1. The van der Waals surface area contributed by atoms with Gasteiger partial charge in [-0.3, -0.25) is 4.79 Å². The number of aromatic nitrogens is 2. The molecule has 0 spiro atoms. The van der Waals surface area contributed by atoms with Gasteiger partial charge in [0.05, 0.1) is 22.4 Å². The van der Waals surface area contributed by atoms with Crippen molar-refractivity contribution in [3.05, 3.63) is 29.4 Å². The second-order valence-corrected chi connectivity index (χ2v) is 9.38. The molecule has 9 heteroatoms. The van der Waals surface area contributed by atoms with Crippen molar-refractivity contribution in [1.29, 1.82) is 0 Å². The maximum Gasteiger partial charge on any atom is 0.229 e. The third-order valence-electron chi connectivity index (χ3n) is 3.99. The summed E-state index contributed by atoms with van der Waals surface area (Å²) in [6.45, 7) is 7.86. The third-order valence-corrected chi connectivity index (χ3v) is 6.08. The summed E-state index contributed by atoms with van der Waals surface area (Å²) in [6, 6.07) is 0. The van der Waals surface area contributed by atoms with Crippen LogP contribution in [0.1, 0.15) is 45.3 Å². The van der Waals surface area contributed by atoms with Crippen molar-refractivity contribution in [3.63, 3.8) is 0 Å². The van der Waals surface area contributed by atoms with E-state index in [1.807, 2.05) is 0 Å². The van der Waals surface area contributed by atoms with Crippen molar-refractivity contribution in [3.8, 4) is 0 Å². The quantitative estimate of drug-likeness (QED) is 0.657. The van der Waals surface area contributed by atoms with E-state index in [1.54, 1.807) is 24.2 Å². The van der Waals surface area contributed by atoms with E-state index in [9.17, 15) is 4.79 Å². The zero-order valence-corrected chi connectivity index (χ0v) is 19.8. The number of hydrogen-bond acceptors (Lipinski definition) is 6. The van der Waals surface area contributed by atoms with Crippen LogP contribution in [0.3, 0.4) is 0 Å². The van der Waals surface area contributed by atoms with E-state index in [0.717, 1.165) is 35.9 Å². The fraction of sp³-hybridized carbons (Fsp3) is 0.588. The Balaban J connectivity index is 0.00000243. The predicted octanol–water partition coefficient (Wildman–Crippen LogP) is 4.44. The first-order chi connectivity index (χ1) is 11.9. The summed E-state index contributed by atoms with van der Waals surface area (Å²) in [6.07, 6.45) is 5.25. The minimum atomic E-state index is -0.0374. The molecule has 3 rings (SSSR count). The van der Waals surface area contributed by atoms with Gasteiger partial charge in [-0.15, -0.1) is 24.9 Å². The summed E-state index contributed by atoms with van der Waals surface area (Å²) in [4.78, 5) is 20.9. The average Bonchev–Trinajstić information content (AvgIpc) is 3.22. The number of carbonyl (C=O) groups excluding carboxylic acids is 1. The van der Waals surface area contributed by atoms with E-state index in [-0.39, 0.29) is 49.9 Å². The zero-order chi connectivity index (χ0) is 17.9. The van der Waals surface area contributed by atoms with Crippen molar-refractivity contribution >= 4 is 34.1 Å². The predicted molar refractivity (Wildman–Crippen MR) is 101 cm³/mol. The van der Waals surface area contributed by atoms with E-state index < -0.39 is 0 Å². The zero-order valence-electron chi connectivity index (χ0n) is 15.3. The van der Waals surface area contributed by atoms with Crippen LogP contribution in [0.15, 0.2) is 21.0 Å². The van der Waals surface area contributed by atoms with Gasteiger partial charge in [0.2, 0.25) is 11.8 Å². The minimum absolute atomic E-state index is 0. The fourth-order valence-corrected chi connectivity index (χ4v) is 4.19. The SMILES string of the molecule is CC(C)(C)c1cnc(CSc2cnc(NC(=O)C3CC[N-]CC3)s2)o1.[Y]. The van der Waals surface area contributed by atoms with Crippen LogP contribution in [0, 0.1) is 5.92 Å². The monoisotopic (exact) mass is 468 g/mol. The second kappa shape index (κ2) is 9.78.